The predicted molar refractivity (Wildman–Crippen MR) is 87.4 cm³/mol. The van der Waals surface area contributed by atoms with Gasteiger partial charge in [0, 0.05) is 31.2 Å². The first-order valence-corrected chi connectivity index (χ1v) is 8.36. The van der Waals surface area contributed by atoms with E-state index in [2.05, 4.69) is 24.1 Å². The molecule has 0 aromatic heterocycles. The fraction of sp³-hybridized carbons (Fsp3) is 0.938. The number of likely N-dealkylation sites (tertiary alicyclic amines) is 1. The summed E-state index contributed by atoms with van der Waals surface area (Å²) in [6, 6.07) is 1.10. The fourth-order valence-electron chi connectivity index (χ4n) is 4.58. The Balaban J connectivity index is 0.00000161. The van der Waals surface area contributed by atoms with Gasteiger partial charge in [-0.25, -0.2) is 0 Å². The molecule has 2 saturated carbocycles. The maximum atomic E-state index is 12.5. The number of rotatable bonds is 3. The lowest BCUT2D eigenvalue weighted by atomic mass is 9.84. The minimum absolute atomic E-state index is 0. The highest BCUT2D eigenvalue weighted by Crippen LogP contribution is 2.47. The van der Waals surface area contributed by atoms with Crippen LogP contribution >= 0.6 is 12.4 Å². The Kier molecular flexibility index (Phi) is 5.55. The molecule has 4 nitrogen and oxygen atoms in total. The van der Waals surface area contributed by atoms with Gasteiger partial charge in [0.15, 0.2) is 0 Å². The van der Waals surface area contributed by atoms with Gasteiger partial charge in [-0.15, -0.1) is 12.4 Å². The summed E-state index contributed by atoms with van der Waals surface area (Å²) < 4.78 is 0. The van der Waals surface area contributed by atoms with Crippen molar-refractivity contribution >= 4 is 18.3 Å². The normalized spacial score (nSPS) is 36.8. The molecule has 5 heteroatoms. The first kappa shape index (κ1) is 17.0. The van der Waals surface area contributed by atoms with Crippen LogP contribution < -0.4 is 11.1 Å². The van der Waals surface area contributed by atoms with Gasteiger partial charge in [-0.3, -0.25) is 4.79 Å². The van der Waals surface area contributed by atoms with Gasteiger partial charge in [-0.1, -0.05) is 0 Å². The summed E-state index contributed by atoms with van der Waals surface area (Å²) in [5.41, 5.74) is 6.26. The molecule has 2 bridgehead atoms. The second kappa shape index (κ2) is 6.84. The minimum Gasteiger partial charge on any atom is -0.353 e. The molecule has 2 aliphatic carbocycles. The van der Waals surface area contributed by atoms with Crippen molar-refractivity contribution < 1.29 is 4.79 Å². The average Bonchev–Trinajstić information content (AvgIpc) is 2.99. The fourth-order valence-corrected chi connectivity index (χ4v) is 4.58. The molecule has 1 amide bonds. The van der Waals surface area contributed by atoms with Crippen LogP contribution in [0.2, 0.25) is 0 Å². The third-order valence-corrected chi connectivity index (χ3v) is 5.89. The number of nitrogens with zero attached hydrogens (tertiary/aromatic N) is 1. The molecule has 1 aliphatic heterocycles. The maximum Gasteiger partial charge on any atom is 0.225 e. The van der Waals surface area contributed by atoms with Gasteiger partial charge < -0.3 is 16.0 Å². The molecule has 1 saturated heterocycles. The molecule has 3 rings (SSSR count). The molecule has 21 heavy (non-hydrogen) atoms. The summed E-state index contributed by atoms with van der Waals surface area (Å²) in [5, 5.41) is 3.29. The van der Waals surface area contributed by atoms with Crippen molar-refractivity contribution in [3.63, 3.8) is 0 Å². The van der Waals surface area contributed by atoms with Gasteiger partial charge >= 0.3 is 0 Å². The Morgan fingerprint density at radius 1 is 1.14 bits per heavy atom. The van der Waals surface area contributed by atoms with Crippen molar-refractivity contribution in [2.45, 2.75) is 64.1 Å². The van der Waals surface area contributed by atoms with Gasteiger partial charge in [0.05, 0.1) is 5.92 Å². The van der Waals surface area contributed by atoms with Crippen molar-refractivity contribution in [2.24, 2.45) is 23.5 Å². The van der Waals surface area contributed by atoms with E-state index in [0.29, 0.717) is 23.9 Å². The van der Waals surface area contributed by atoms with Gasteiger partial charge in [0.25, 0.3) is 0 Å². The third-order valence-electron chi connectivity index (χ3n) is 5.89. The highest BCUT2D eigenvalue weighted by Gasteiger charge is 2.49. The van der Waals surface area contributed by atoms with E-state index in [-0.39, 0.29) is 30.3 Å². The van der Waals surface area contributed by atoms with Crippen LogP contribution in [0.4, 0.5) is 0 Å². The van der Waals surface area contributed by atoms with Crippen LogP contribution in [0.15, 0.2) is 0 Å². The Morgan fingerprint density at radius 2 is 1.76 bits per heavy atom. The first-order chi connectivity index (χ1) is 9.56. The number of amides is 1. The van der Waals surface area contributed by atoms with Crippen LogP contribution in [0, 0.1) is 17.8 Å². The van der Waals surface area contributed by atoms with Crippen LogP contribution in [0.5, 0.6) is 0 Å². The summed E-state index contributed by atoms with van der Waals surface area (Å²) in [7, 11) is 0. The van der Waals surface area contributed by atoms with Crippen LogP contribution in [0.1, 0.15) is 46.0 Å². The number of carbonyl (C=O) groups is 1. The van der Waals surface area contributed by atoms with E-state index < -0.39 is 0 Å². The highest BCUT2D eigenvalue weighted by atomic mass is 35.5. The average molecular weight is 316 g/mol. The second-order valence-electron chi connectivity index (χ2n) is 7.35. The van der Waals surface area contributed by atoms with Crippen molar-refractivity contribution in [3.8, 4) is 0 Å². The highest BCUT2D eigenvalue weighted by molar-refractivity contribution is 5.85. The van der Waals surface area contributed by atoms with Gasteiger partial charge in [-0.2, -0.15) is 0 Å². The predicted octanol–water partition coefficient (Wildman–Crippen LogP) is 1.77. The van der Waals surface area contributed by atoms with Crippen LogP contribution in [-0.2, 0) is 4.79 Å². The van der Waals surface area contributed by atoms with Crippen LogP contribution in [0.3, 0.4) is 0 Å². The smallest absolute Gasteiger partial charge is 0.225 e. The van der Waals surface area contributed by atoms with Gasteiger partial charge in [-0.05, 0) is 57.8 Å². The maximum absolute atomic E-state index is 12.5. The van der Waals surface area contributed by atoms with E-state index in [1.165, 1.54) is 19.3 Å². The van der Waals surface area contributed by atoms with Gasteiger partial charge in [0.1, 0.15) is 0 Å². The number of nitrogens with one attached hydrogen (secondary N) is 1. The van der Waals surface area contributed by atoms with Gasteiger partial charge in [0.2, 0.25) is 5.91 Å². The van der Waals surface area contributed by atoms with Crippen molar-refractivity contribution in [3.05, 3.63) is 0 Å². The van der Waals surface area contributed by atoms with E-state index in [9.17, 15) is 4.79 Å². The van der Waals surface area contributed by atoms with E-state index in [4.69, 9.17) is 5.73 Å². The Bertz CT molecular complexity index is 367. The molecule has 3 aliphatic rings. The molecule has 1 heterocycles. The zero-order valence-electron chi connectivity index (χ0n) is 13.3. The number of piperidine rings is 1. The van der Waals surface area contributed by atoms with E-state index in [1.807, 2.05) is 0 Å². The van der Waals surface area contributed by atoms with Crippen LogP contribution in [0.25, 0.3) is 0 Å². The zero-order valence-corrected chi connectivity index (χ0v) is 14.1. The second-order valence-corrected chi connectivity index (χ2v) is 7.35. The number of hydrogen-bond donors (Lipinski definition) is 2. The Labute approximate surface area is 134 Å². The largest absolute Gasteiger partial charge is 0.353 e. The summed E-state index contributed by atoms with van der Waals surface area (Å²) in [5.74, 6) is 1.51. The Morgan fingerprint density at radius 3 is 2.29 bits per heavy atom. The summed E-state index contributed by atoms with van der Waals surface area (Å²) >= 11 is 0. The molecule has 3 N–H and O–H groups in total. The molecule has 0 aromatic rings. The molecule has 122 valence electrons. The zero-order chi connectivity index (χ0) is 14.3. The molecule has 0 radical (unpaired) electrons. The molecule has 3 fully saturated rings. The first-order valence-electron chi connectivity index (χ1n) is 8.36. The number of fused-ring (bicyclic) bond motifs is 2. The van der Waals surface area contributed by atoms with Crippen LogP contribution in [-0.4, -0.2) is 42.0 Å². The van der Waals surface area contributed by atoms with E-state index in [0.717, 1.165) is 25.9 Å². The SMILES string of the molecule is CC(C)N1CCC(NC(=O)C2C3CCC(C3)C2N)CC1.Cl. The Hall–Kier alpha value is -0.320. The number of halogens is 1. The molecule has 4 unspecified atom stereocenters. The topological polar surface area (TPSA) is 58.4 Å². The number of carbonyl (C=O) groups excluding carboxylic acids is 1. The molecule has 0 aromatic carbocycles. The van der Waals surface area contributed by atoms with Crippen molar-refractivity contribution in [1.29, 1.82) is 0 Å². The molecular formula is C16H30ClN3O. The molecule has 4 atom stereocenters. The number of hydrogen-bond acceptors (Lipinski definition) is 3. The summed E-state index contributed by atoms with van der Waals surface area (Å²) in [4.78, 5) is 15.0. The third kappa shape index (κ3) is 3.38. The van der Waals surface area contributed by atoms with E-state index >= 15 is 0 Å². The molecule has 0 spiro atoms. The summed E-state index contributed by atoms with van der Waals surface area (Å²) in [6.45, 7) is 6.69. The van der Waals surface area contributed by atoms with E-state index in [1.54, 1.807) is 0 Å². The van der Waals surface area contributed by atoms with Crippen molar-refractivity contribution in [2.75, 3.05) is 13.1 Å². The summed E-state index contributed by atoms with van der Waals surface area (Å²) in [6.07, 6.45) is 5.80. The quantitative estimate of drug-likeness (QED) is 0.834. The lowest BCUT2D eigenvalue weighted by Gasteiger charge is -2.36. The minimum atomic E-state index is 0. The number of nitrogens with two attached hydrogens (primary N) is 1. The lowest BCUT2D eigenvalue weighted by Crippen LogP contribution is -2.51. The monoisotopic (exact) mass is 315 g/mol. The van der Waals surface area contributed by atoms with Crippen molar-refractivity contribution in [1.82, 2.24) is 10.2 Å². The standard InChI is InChI=1S/C16H29N3O.ClH/c1-10(2)19-7-5-13(6-8-19)18-16(20)14-11-3-4-12(9-11)15(14)17;/h10-15H,3-9,17H2,1-2H3,(H,18,20);1H. The lowest BCUT2D eigenvalue weighted by molar-refractivity contribution is -0.128. The molecular weight excluding hydrogens is 286 g/mol.